The van der Waals surface area contributed by atoms with E-state index in [0.29, 0.717) is 42.3 Å². The summed E-state index contributed by atoms with van der Waals surface area (Å²) in [7, 11) is 0. The van der Waals surface area contributed by atoms with Crippen LogP contribution in [-0.2, 0) is 11.3 Å². The molecule has 27 heavy (non-hydrogen) atoms. The quantitative estimate of drug-likeness (QED) is 0.708. The number of aliphatic hydroxyl groups excluding tert-OH is 1. The number of carbonyl (C=O) groups excluding carboxylic acids is 1. The molecule has 0 radical (unpaired) electrons. The zero-order chi connectivity index (χ0) is 19.4. The molecule has 3 N–H and O–H groups in total. The molecule has 6 nitrogen and oxygen atoms in total. The number of carboxylic acids is 1. The number of halogens is 1. The number of carboxylic acid groups (broad SMARTS) is 1. The van der Waals surface area contributed by atoms with Crippen molar-refractivity contribution in [2.75, 3.05) is 25.0 Å². The van der Waals surface area contributed by atoms with Crippen molar-refractivity contribution in [3.8, 4) is 0 Å². The maximum Gasteiger partial charge on any atom is 0.313 e. The number of anilines is 1. The van der Waals surface area contributed by atoms with E-state index in [0.717, 1.165) is 5.56 Å². The van der Waals surface area contributed by atoms with Gasteiger partial charge in [-0.15, -0.1) is 0 Å². The number of aliphatic hydroxyl groups is 1. The molecule has 7 heteroatoms. The van der Waals surface area contributed by atoms with Gasteiger partial charge < -0.3 is 15.5 Å². The summed E-state index contributed by atoms with van der Waals surface area (Å²) in [4.78, 5) is 25.8. The van der Waals surface area contributed by atoms with E-state index in [9.17, 15) is 19.8 Å². The van der Waals surface area contributed by atoms with Crippen LogP contribution in [0.4, 0.5) is 5.69 Å². The lowest BCUT2D eigenvalue weighted by atomic mass is 9.88. The minimum absolute atomic E-state index is 0.227. The molecule has 1 fully saturated rings. The van der Waals surface area contributed by atoms with Gasteiger partial charge in [0.25, 0.3) is 5.91 Å². The summed E-state index contributed by atoms with van der Waals surface area (Å²) < 4.78 is 0. The van der Waals surface area contributed by atoms with Crippen molar-refractivity contribution in [2.45, 2.75) is 13.0 Å². The number of carbonyl (C=O) groups is 2. The third-order valence-corrected chi connectivity index (χ3v) is 5.14. The highest BCUT2D eigenvalue weighted by Crippen LogP contribution is 2.31. The van der Waals surface area contributed by atoms with Crippen molar-refractivity contribution in [3.63, 3.8) is 0 Å². The van der Waals surface area contributed by atoms with Gasteiger partial charge in [-0.3, -0.25) is 14.5 Å². The standard InChI is InChI=1S/C20H21ClN2O4/c21-16-6-4-15(5-7-16)18(25)22-17-3-1-2-14(10-17)11-23-9-8-20(12-23,13-24)19(26)27/h1-7,10,24H,8-9,11-13H2,(H,22,25)(H,26,27). The Morgan fingerprint density at radius 1 is 1.19 bits per heavy atom. The minimum atomic E-state index is -1.08. The van der Waals surface area contributed by atoms with E-state index in [1.807, 2.05) is 23.1 Å². The van der Waals surface area contributed by atoms with Crippen molar-refractivity contribution in [2.24, 2.45) is 5.41 Å². The summed E-state index contributed by atoms with van der Waals surface area (Å²) >= 11 is 5.84. The number of amides is 1. The fourth-order valence-electron chi connectivity index (χ4n) is 3.27. The average Bonchev–Trinajstić information content (AvgIpc) is 3.07. The Bertz CT molecular complexity index is 840. The summed E-state index contributed by atoms with van der Waals surface area (Å²) in [6, 6.07) is 14.1. The zero-order valence-electron chi connectivity index (χ0n) is 14.7. The number of rotatable bonds is 6. The molecular formula is C20H21ClN2O4. The smallest absolute Gasteiger partial charge is 0.313 e. The van der Waals surface area contributed by atoms with Gasteiger partial charge in [0.15, 0.2) is 0 Å². The average molecular weight is 389 g/mol. The molecule has 0 saturated carbocycles. The molecule has 0 aliphatic carbocycles. The van der Waals surface area contributed by atoms with Gasteiger partial charge in [-0.2, -0.15) is 0 Å². The lowest BCUT2D eigenvalue weighted by Crippen LogP contribution is -2.37. The summed E-state index contributed by atoms with van der Waals surface area (Å²) in [5.41, 5.74) is 1.06. The van der Waals surface area contributed by atoms with Crippen LogP contribution in [0.25, 0.3) is 0 Å². The first-order valence-electron chi connectivity index (χ1n) is 8.64. The maximum absolute atomic E-state index is 12.3. The van der Waals surface area contributed by atoms with Crippen LogP contribution in [0.2, 0.25) is 5.02 Å². The highest BCUT2D eigenvalue weighted by Gasteiger charge is 2.44. The third kappa shape index (κ3) is 4.47. The Kier molecular flexibility index (Phi) is 5.79. The summed E-state index contributed by atoms with van der Waals surface area (Å²) in [5, 5.41) is 22.3. The van der Waals surface area contributed by atoms with Gasteiger partial charge in [-0.1, -0.05) is 23.7 Å². The normalized spacial score (nSPS) is 19.8. The van der Waals surface area contributed by atoms with Gasteiger partial charge >= 0.3 is 5.97 Å². The minimum Gasteiger partial charge on any atom is -0.481 e. The molecule has 1 unspecified atom stereocenters. The van der Waals surface area contributed by atoms with Gasteiger partial charge in [0.2, 0.25) is 0 Å². The number of likely N-dealkylation sites (tertiary alicyclic amines) is 1. The summed E-state index contributed by atoms with van der Waals surface area (Å²) in [6.07, 6.45) is 0.422. The monoisotopic (exact) mass is 388 g/mol. The van der Waals surface area contributed by atoms with Crippen LogP contribution < -0.4 is 5.32 Å². The first-order chi connectivity index (χ1) is 12.9. The molecular weight excluding hydrogens is 368 g/mol. The van der Waals surface area contributed by atoms with Crippen molar-refractivity contribution < 1.29 is 19.8 Å². The topological polar surface area (TPSA) is 89.9 Å². The van der Waals surface area contributed by atoms with Gasteiger partial charge in [-0.05, 0) is 54.9 Å². The number of aliphatic carboxylic acids is 1. The number of nitrogens with zero attached hydrogens (tertiary/aromatic N) is 1. The number of hydrogen-bond acceptors (Lipinski definition) is 4. The predicted octanol–water partition coefficient (Wildman–Crippen LogP) is 2.86. The second-order valence-corrected chi connectivity index (χ2v) is 7.30. The molecule has 1 amide bonds. The van der Waals surface area contributed by atoms with E-state index in [4.69, 9.17) is 11.6 Å². The lowest BCUT2D eigenvalue weighted by Gasteiger charge is -2.22. The molecule has 1 aliphatic rings. The van der Waals surface area contributed by atoms with Gasteiger partial charge in [-0.25, -0.2) is 0 Å². The number of nitrogens with one attached hydrogen (secondary N) is 1. The fraction of sp³-hybridized carbons (Fsp3) is 0.300. The molecule has 1 heterocycles. The molecule has 2 aromatic rings. The van der Waals surface area contributed by atoms with E-state index in [1.165, 1.54) is 0 Å². The van der Waals surface area contributed by atoms with Crippen LogP contribution >= 0.6 is 11.6 Å². The highest BCUT2D eigenvalue weighted by molar-refractivity contribution is 6.30. The molecule has 2 aromatic carbocycles. The predicted molar refractivity (Wildman–Crippen MR) is 103 cm³/mol. The Hall–Kier alpha value is -2.41. The fourth-order valence-corrected chi connectivity index (χ4v) is 3.40. The van der Waals surface area contributed by atoms with Crippen LogP contribution in [0.5, 0.6) is 0 Å². The molecule has 1 saturated heterocycles. The molecule has 0 aromatic heterocycles. The highest BCUT2D eigenvalue weighted by atomic mass is 35.5. The van der Waals surface area contributed by atoms with Crippen molar-refractivity contribution in [1.29, 1.82) is 0 Å². The van der Waals surface area contributed by atoms with Crippen molar-refractivity contribution >= 4 is 29.2 Å². The van der Waals surface area contributed by atoms with Gasteiger partial charge in [0.05, 0.1) is 6.61 Å². The molecule has 3 rings (SSSR count). The third-order valence-electron chi connectivity index (χ3n) is 4.89. The molecule has 1 atom stereocenters. The van der Waals surface area contributed by atoms with Crippen molar-refractivity contribution in [3.05, 3.63) is 64.7 Å². The molecule has 1 aliphatic heterocycles. The summed E-state index contributed by atoms with van der Waals surface area (Å²) in [6.45, 7) is 1.10. The van der Waals surface area contributed by atoms with Crippen LogP contribution in [0, 0.1) is 5.41 Å². The Labute approximate surface area is 162 Å². The van der Waals surface area contributed by atoms with E-state index in [1.54, 1.807) is 30.3 Å². The SMILES string of the molecule is O=C(Nc1cccc(CN2CCC(CO)(C(=O)O)C2)c1)c1ccc(Cl)cc1. The second kappa shape index (κ2) is 8.08. The second-order valence-electron chi connectivity index (χ2n) is 6.87. The molecule has 142 valence electrons. The van der Waals surface area contributed by atoms with E-state index in [2.05, 4.69) is 5.32 Å². The first kappa shape index (κ1) is 19.4. The van der Waals surface area contributed by atoms with Gasteiger partial charge in [0, 0.05) is 29.4 Å². The van der Waals surface area contributed by atoms with E-state index < -0.39 is 11.4 Å². The van der Waals surface area contributed by atoms with E-state index in [-0.39, 0.29) is 12.5 Å². The van der Waals surface area contributed by atoms with Crippen LogP contribution in [-0.4, -0.2) is 46.7 Å². The molecule has 0 spiro atoms. The van der Waals surface area contributed by atoms with Crippen LogP contribution in [0.1, 0.15) is 22.3 Å². The van der Waals surface area contributed by atoms with Crippen molar-refractivity contribution in [1.82, 2.24) is 4.90 Å². The Morgan fingerprint density at radius 2 is 1.93 bits per heavy atom. The molecule has 0 bridgehead atoms. The maximum atomic E-state index is 12.3. The van der Waals surface area contributed by atoms with Gasteiger partial charge in [0.1, 0.15) is 5.41 Å². The number of hydrogen-bond donors (Lipinski definition) is 3. The Morgan fingerprint density at radius 3 is 2.56 bits per heavy atom. The van der Waals surface area contributed by atoms with Crippen LogP contribution in [0.15, 0.2) is 48.5 Å². The lowest BCUT2D eigenvalue weighted by molar-refractivity contribution is -0.150. The van der Waals surface area contributed by atoms with E-state index >= 15 is 0 Å². The van der Waals surface area contributed by atoms with Crippen LogP contribution in [0.3, 0.4) is 0 Å². The summed E-state index contributed by atoms with van der Waals surface area (Å²) in [5.74, 6) is -1.19. The first-order valence-corrected chi connectivity index (χ1v) is 9.02. The Balaban J connectivity index is 1.65. The number of benzene rings is 2. The largest absolute Gasteiger partial charge is 0.481 e. The zero-order valence-corrected chi connectivity index (χ0v) is 15.4.